The first-order chi connectivity index (χ1) is 21.4. The summed E-state index contributed by atoms with van der Waals surface area (Å²) in [4.78, 5) is 30.6. The number of ether oxygens (including phenoxy) is 3. The lowest BCUT2D eigenvalue weighted by atomic mass is 10.0. The van der Waals surface area contributed by atoms with Gasteiger partial charge in [-0.25, -0.2) is 4.79 Å². The van der Waals surface area contributed by atoms with Crippen LogP contribution in [0.3, 0.4) is 0 Å². The SMILES string of the molecule is COCOc1cc(N2CCc3c(nc(OCC4CCCN4C)nc3N3C[C@H]4CC[C@@H](C3)N4C(=O)O)C2)c2ccccc2c1Cl. The molecule has 1 N–H and O–H groups in total. The first-order valence-electron chi connectivity index (χ1n) is 15.5. The van der Waals surface area contributed by atoms with E-state index in [-0.39, 0.29) is 18.9 Å². The first kappa shape index (κ1) is 29.2. The maximum Gasteiger partial charge on any atom is 0.407 e. The van der Waals surface area contributed by atoms with Crippen LogP contribution in [0.2, 0.25) is 5.02 Å². The summed E-state index contributed by atoms with van der Waals surface area (Å²) in [5.74, 6) is 1.46. The van der Waals surface area contributed by atoms with E-state index in [1.54, 1.807) is 12.0 Å². The second-order valence-corrected chi connectivity index (χ2v) is 12.7. The number of likely N-dealkylation sites (N-methyl/N-ethyl adjacent to an activating group) is 1. The largest absolute Gasteiger partial charge is 0.466 e. The molecule has 1 amide bonds. The number of aromatic nitrogens is 2. The molecule has 7 rings (SSSR count). The molecule has 1 aromatic heterocycles. The molecule has 3 aromatic rings. The molecule has 1 unspecified atom stereocenters. The van der Waals surface area contributed by atoms with Gasteiger partial charge in [0.2, 0.25) is 0 Å². The second kappa shape index (κ2) is 12.1. The van der Waals surface area contributed by atoms with E-state index in [0.717, 1.165) is 78.7 Å². The minimum atomic E-state index is -0.828. The van der Waals surface area contributed by atoms with E-state index >= 15 is 0 Å². The summed E-state index contributed by atoms with van der Waals surface area (Å²) < 4.78 is 17.3. The number of piperazine rings is 1. The number of carbonyl (C=O) groups is 1. The van der Waals surface area contributed by atoms with Crippen molar-refractivity contribution in [3.05, 3.63) is 46.6 Å². The highest BCUT2D eigenvalue weighted by Gasteiger charge is 2.44. The van der Waals surface area contributed by atoms with Gasteiger partial charge in [0.25, 0.3) is 0 Å². The Kier molecular flexibility index (Phi) is 8.02. The van der Waals surface area contributed by atoms with Crippen molar-refractivity contribution < 1.29 is 24.1 Å². The van der Waals surface area contributed by atoms with E-state index in [0.29, 0.717) is 49.1 Å². The summed E-state index contributed by atoms with van der Waals surface area (Å²) in [6.07, 6.45) is 3.94. The number of benzene rings is 2. The van der Waals surface area contributed by atoms with Gasteiger partial charge in [0.1, 0.15) is 18.2 Å². The van der Waals surface area contributed by atoms with Crippen molar-refractivity contribution in [2.75, 3.05) is 63.5 Å². The highest BCUT2D eigenvalue weighted by atomic mass is 35.5. The Morgan fingerprint density at radius 1 is 1.05 bits per heavy atom. The third-order valence-electron chi connectivity index (χ3n) is 9.70. The average molecular weight is 623 g/mol. The predicted octanol–water partition coefficient (Wildman–Crippen LogP) is 4.63. The Morgan fingerprint density at radius 2 is 1.82 bits per heavy atom. The van der Waals surface area contributed by atoms with E-state index in [4.69, 9.17) is 35.8 Å². The van der Waals surface area contributed by atoms with Crippen LogP contribution in [0.4, 0.5) is 16.3 Å². The number of likely N-dealkylation sites (tertiary alicyclic amines) is 1. The lowest BCUT2D eigenvalue weighted by Gasteiger charge is -2.41. The molecular formula is C32H39ClN6O5. The zero-order valence-corrected chi connectivity index (χ0v) is 26.0. The number of hydrogen-bond acceptors (Lipinski definition) is 9. The molecule has 11 nitrogen and oxygen atoms in total. The van der Waals surface area contributed by atoms with Crippen LogP contribution in [0, 0.1) is 0 Å². The van der Waals surface area contributed by atoms with Crippen molar-refractivity contribution in [2.45, 2.75) is 56.8 Å². The number of nitrogens with zero attached hydrogens (tertiary/aromatic N) is 6. The highest BCUT2D eigenvalue weighted by Crippen LogP contribution is 2.42. The summed E-state index contributed by atoms with van der Waals surface area (Å²) in [6, 6.07) is 10.8. The van der Waals surface area contributed by atoms with Crippen molar-refractivity contribution in [3.63, 3.8) is 0 Å². The molecule has 0 spiro atoms. The maximum absolute atomic E-state index is 12.0. The number of amides is 1. The summed E-state index contributed by atoms with van der Waals surface area (Å²) in [5.41, 5.74) is 3.07. The number of anilines is 2. The smallest absolute Gasteiger partial charge is 0.407 e. The fourth-order valence-electron chi connectivity index (χ4n) is 7.45. The number of hydrogen-bond donors (Lipinski definition) is 1. The summed E-state index contributed by atoms with van der Waals surface area (Å²) >= 11 is 6.77. The van der Waals surface area contributed by atoms with Crippen LogP contribution >= 0.6 is 11.6 Å². The molecule has 0 radical (unpaired) electrons. The lowest BCUT2D eigenvalue weighted by Crippen LogP contribution is -2.56. The molecule has 3 atom stereocenters. The summed E-state index contributed by atoms with van der Waals surface area (Å²) in [7, 11) is 3.73. The molecule has 0 saturated carbocycles. The Balaban J connectivity index is 1.23. The zero-order valence-electron chi connectivity index (χ0n) is 25.2. The molecule has 5 heterocycles. The minimum absolute atomic E-state index is 0.0283. The van der Waals surface area contributed by atoms with E-state index in [2.05, 4.69) is 27.8 Å². The van der Waals surface area contributed by atoms with Crippen LogP contribution in [0.25, 0.3) is 10.8 Å². The van der Waals surface area contributed by atoms with E-state index in [1.165, 1.54) is 0 Å². The monoisotopic (exact) mass is 622 g/mol. The van der Waals surface area contributed by atoms with Gasteiger partial charge in [0, 0.05) is 60.9 Å². The van der Waals surface area contributed by atoms with Crippen LogP contribution in [0.5, 0.6) is 11.8 Å². The van der Waals surface area contributed by atoms with Crippen LogP contribution in [-0.2, 0) is 17.7 Å². The third kappa shape index (κ3) is 5.35. The van der Waals surface area contributed by atoms with Gasteiger partial charge in [-0.2, -0.15) is 9.97 Å². The molecule has 2 bridgehead atoms. The van der Waals surface area contributed by atoms with Gasteiger partial charge in [0.15, 0.2) is 6.79 Å². The molecule has 234 valence electrons. The predicted molar refractivity (Wildman–Crippen MR) is 168 cm³/mol. The third-order valence-corrected chi connectivity index (χ3v) is 10.1. The van der Waals surface area contributed by atoms with Crippen molar-refractivity contribution in [1.29, 1.82) is 0 Å². The average Bonchev–Trinajstić information content (AvgIpc) is 3.57. The fraction of sp³-hybridized carbons (Fsp3) is 0.531. The number of rotatable bonds is 8. The standard InChI is InChI=1S/C32H39ClN6O5/c1-36-12-5-6-22(36)18-43-31-34-26-17-37(27-14-28(44-19-42-2)29(33)24-8-4-3-7-23(24)27)13-11-25(26)30(35-31)38-15-20-9-10-21(16-38)39(20)32(40)41/h3-4,7-8,14,20-22H,5-6,9-13,15-19H2,1-2H3,(H,40,41)/t20-,21+,22?. The van der Waals surface area contributed by atoms with Gasteiger partial charge in [-0.15, -0.1) is 0 Å². The maximum atomic E-state index is 12.0. The van der Waals surface area contributed by atoms with Gasteiger partial charge in [-0.05, 0) is 45.7 Å². The van der Waals surface area contributed by atoms with Gasteiger partial charge in [0.05, 0.1) is 29.3 Å². The molecule has 12 heteroatoms. The van der Waals surface area contributed by atoms with E-state index in [9.17, 15) is 9.90 Å². The number of halogens is 1. The number of carboxylic acid groups (broad SMARTS) is 1. The van der Waals surface area contributed by atoms with Crippen molar-refractivity contribution >= 4 is 40.0 Å². The number of methoxy groups -OCH3 is 1. The quantitative estimate of drug-likeness (QED) is 0.358. The van der Waals surface area contributed by atoms with Crippen molar-refractivity contribution in [1.82, 2.24) is 19.8 Å². The minimum Gasteiger partial charge on any atom is -0.466 e. The zero-order chi connectivity index (χ0) is 30.4. The number of fused-ring (bicyclic) bond motifs is 4. The van der Waals surface area contributed by atoms with Crippen LogP contribution in [0.15, 0.2) is 30.3 Å². The molecule has 4 aliphatic rings. The van der Waals surface area contributed by atoms with Crippen LogP contribution in [-0.4, -0.2) is 103 Å². The Labute approximate surface area is 262 Å². The van der Waals surface area contributed by atoms with Crippen LogP contribution < -0.4 is 19.3 Å². The highest BCUT2D eigenvalue weighted by molar-refractivity contribution is 6.37. The van der Waals surface area contributed by atoms with Crippen molar-refractivity contribution in [3.8, 4) is 11.8 Å². The summed E-state index contributed by atoms with van der Waals surface area (Å²) in [5, 5.41) is 12.4. The van der Waals surface area contributed by atoms with E-state index < -0.39 is 6.09 Å². The van der Waals surface area contributed by atoms with Gasteiger partial charge in [-0.3, -0.25) is 4.90 Å². The van der Waals surface area contributed by atoms with Gasteiger partial charge >= 0.3 is 12.1 Å². The lowest BCUT2D eigenvalue weighted by molar-refractivity contribution is 0.0513. The molecule has 44 heavy (non-hydrogen) atoms. The Bertz CT molecular complexity index is 1540. The molecular weight excluding hydrogens is 584 g/mol. The van der Waals surface area contributed by atoms with E-state index in [1.807, 2.05) is 24.3 Å². The molecule has 4 aliphatic heterocycles. The first-order valence-corrected chi connectivity index (χ1v) is 15.9. The van der Waals surface area contributed by atoms with Crippen molar-refractivity contribution in [2.24, 2.45) is 0 Å². The fourth-order valence-corrected chi connectivity index (χ4v) is 7.73. The van der Waals surface area contributed by atoms with Gasteiger partial charge < -0.3 is 34.0 Å². The van der Waals surface area contributed by atoms with Crippen LogP contribution in [0.1, 0.15) is 36.9 Å². The molecule has 2 aromatic carbocycles. The molecule has 3 fully saturated rings. The topological polar surface area (TPSA) is 104 Å². The summed E-state index contributed by atoms with van der Waals surface area (Å²) in [6.45, 7) is 4.30. The van der Waals surface area contributed by atoms with Gasteiger partial charge in [-0.1, -0.05) is 35.9 Å². The normalized spacial score (nSPS) is 23.3. The molecule has 0 aliphatic carbocycles. The second-order valence-electron chi connectivity index (χ2n) is 12.3. The Hall–Kier alpha value is -3.54. The molecule has 3 saturated heterocycles. The Morgan fingerprint density at radius 3 is 2.52 bits per heavy atom.